The molecule has 0 fully saturated rings. The van der Waals surface area contributed by atoms with Crippen LogP contribution in [0.5, 0.6) is 23.0 Å². The first-order chi connectivity index (χ1) is 21.9. The summed E-state index contributed by atoms with van der Waals surface area (Å²) in [6, 6.07) is 18.4. The van der Waals surface area contributed by atoms with E-state index in [-0.39, 0.29) is 11.1 Å². The molecule has 0 bridgehead atoms. The molecule has 0 unspecified atom stereocenters. The third-order valence-electron chi connectivity index (χ3n) is 7.09. The summed E-state index contributed by atoms with van der Waals surface area (Å²) < 4.78 is 30.6. The van der Waals surface area contributed by atoms with Crippen molar-refractivity contribution in [2.75, 3.05) is 26.9 Å². The molecule has 1 atom stereocenters. The van der Waals surface area contributed by atoms with Crippen LogP contribution in [0.3, 0.4) is 0 Å². The summed E-state index contributed by atoms with van der Waals surface area (Å²) in [5.74, 6) is 1.71. The van der Waals surface area contributed by atoms with Gasteiger partial charge in [0, 0.05) is 6.20 Å². The minimum absolute atomic E-state index is 0.233. The number of aromatic nitrogens is 1. The molecule has 1 aromatic heterocycles. The molecule has 0 radical (unpaired) electrons. The van der Waals surface area contributed by atoms with Gasteiger partial charge >= 0.3 is 5.97 Å². The van der Waals surface area contributed by atoms with Gasteiger partial charge in [-0.05, 0) is 74.7 Å². The molecule has 9 nitrogen and oxygen atoms in total. The van der Waals surface area contributed by atoms with Crippen molar-refractivity contribution in [3.8, 4) is 23.0 Å². The number of thiazole rings is 1. The van der Waals surface area contributed by atoms with E-state index >= 15 is 0 Å². The van der Waals surface area contributed by atoms with E-state index in [1.54, 1.807) is 18.2 Å². The molecule has 10 heteroatoms. The Morgan fingerprint density at radius 3 is 2.20 bits per heavy atom. The largest absolute Gasteiger partial charge is 0.490 e. The van der Waals surface area contributed by atoms with Crippen molar-refractivity contribution in [3.05, 3.63) is 114 Å². The standard InChI is InChI=1S/C35H36N2O7S/c1-6-41-27-16-14-25(19-30(27)43-8-3)32-26(34(39)40-5)20-36-35-37(32)33(38)31(45-35)18-24-13-15-28(29(17-24)42-7-2)44-21-23-11-9-22(4)10-12-23/h9-20,32H,6-8,21H2,1-5H3/b31-18-/t32-/m0/s1. The number of carbonyl (C=O) groups excluding carboxylic acids is 1. The Hall–Kier alpha value is -4.83. The summed E-state index contributed by atoms with van der Waals surface area (Å²) in [4.78, 5) is 31.8. The maximum Gasteiger partial charge on any atom is 0.337 e. The molecule has 4 aromatic rings. The molecular formula is C35H36N2O7S. The lowest BCUT2D eigenvalue weighted by Crippen LogP contribution is -2.39. The Balaban J connectivity index is 1.54. The topological polar surface area (TPSA) is 97.6 Å². The summed E-state index contributed by atoms with van der Waals surface area (Å²) in [6.07, 6.45) is 3.26. The third kappa shape index (κ3) is 6.96. The molecule has 0 N–H and O–H groups in total. The molecule has 3 aromatic carbocycles. The molecule has 45 heavy (non-hydrogen) atoms. The average Bonchev–Trinajstić information content (AvgIpc) is 3.36. The Labute approximate surface area is 265 Å². The number of rotatable bonds is 12. The van der Waals surface area contributed by atoms with Crippen LogP contribution in [-0.2, 0) is 16.1 Å². The van der Waals surface area contributed by atoms with E-state index in [0.29, 0.717) is 64.3 Å². The van der Waals surface area contributed by atoms with Crippen LogP contribution >= 0.6 is 11.3 Å². The van der Waals surface area contributed by atoms with Crippen molar-refractivity contribution in [2.24, 2.45) is 4.99 Å². The van der Waals surface area contributed by atoms with Crippen LogP contribution in [0.25, 0.3) is 6.08 Å². The number of methoxy groups -OCH3 is 1. The van der Waals surface area contributed by atoms with Crippen molar-refractivity contribution in [2.45, 2.75) is 40.3 Å². The first-order valence-electron chi connectivity index (χ1n) is 14.8. The second-order valence-corrected chi connectivity index (χ2v) is 11.2. The Kier molecular flexibility index (Phi) is 10.0. The van der Waals surface area contributed by atoms with Gasteiger partial charge in [0.25, 0.3) is 5.56 Å². The number of hydrogen-bond donors (Lipinski definition) is 0. The highest BCUT2D eigenvalue weighted by atomic mass is 32.1. The number of benzene rings is 3. The molecule has 1 aliphatic rings. The molecule has 5 rings (SSSR count). The first kappa shape index (κ1) is 31.6. The van der Waals surface area contributed by atoms with Gasteiger partial charge in [-0.25, -0.2) is 9.79 Å². The van der Waals surface area contributed by atoms with E-state index in [2.05, 4.69) is 4.99 Å². The molecule has 0 saturated heterocycles. The van der Waals surface area contributed by atoms with Crippen molar-refractivity contribution in [3.63, 3.8) is 0 Å². The van der Waals surface area contributed by atoms with Gasteiger partial charge in [0.2, 0.25) is 0 Å². The fourth-order valence-corrected chi connectivity index (χ4v) is 5.96. The van der Waals surface area contributed by atoms with Gasteiger partial charge in [0.1, 0.15) is 6.61 Å². The van der Waals surface area contributed by atoms with E-state index in [9.17, 15) is 9.59 Å². The maximum absolute atomic E-state index is 14.0. The highest BCUT2D eigenvalue weighted by Crippen LogP contribution is 2.35. The molecule has 2 heterocycles. The maximum atomic E-state index is 14.0. The lowest BCUT2D eigenvalue weighted by Gasteiger charge is -2.23. The van der Waals surface area contributed by atoms with Crippen LogP contribution in [0.2, 0.25) is 0 Å². The molecule has 0 amide bonds. The van der Waals surface area contributed by atoms with E-state index in [1.165, 1.54) is 34.8 Å². The normalized spacial score (nSPS) is 14.2. The van der Waals surface area contributed by atoms with Crippen molar-refractivity contribution >= 4 is 23.4 Å². The summed E-state index contributed by atoms with van der Waals surface area (Å²) in [5, 5.41) is 0. The van der Waals surface area contributed by atoms with Crippen molar-refractivity contribution in [1.29, 1.82) is 0 Å². The highest BCUT2D eigenvalue weighted by Gasteiger charge is 2.31. The predicted octanol–water partition coefficient (Wildman–Crippen LogP) is 5.10. The smallest absolute Gasteiger partial charge is 0.337 e. The Bertz CT molecular complexity index is 1890. The minimum atomic E-state index is -0.776. The average molecular weight is 629 g/mol. The third-order valence-corrected chi connectivity index (χ3v) is 8.09. The molecule has 1 aliphatic heterocycles. The molecule has 0 spiro atoms. The second-order valence-electron chi connectivity index (χ2n) is 10.2. The van der Waals surface area contributed by atoms with E-state index < -0.39 is 12.0 Å². The van der Waals surface area contributed by atoms with Gasteiger partial charge < -0.3 is 23.7 Å². The van der Waals surface area contributed by atoms with E-state index in [0.717, 1.165) is 11.1 Å². The number of fused-ring (bicyclic) bond motifs is 1. The van der Waals surface area contributed by atoms with Gasteiger partial charge in [0.15, 0.2) is 27.8 Å². The van der Waals surface area contributed by atoms with Crippen molar-refractivity contribution in [1.82, 2.24) is 4.57 Å². The fourth-order valence-electron chi connectivity index (χ4n) is 4.99. The van der Waals surface area contributed by atoms with Crippen molar-refractivity contribution < 1.29 is 28.5 Å². The minimum Gasteiger partial charge on any atom is -0.490 e. The quantitative estimate of drug-likeness (QED) is 0.201. The Morgan fingerprint density at radius 1 is 0.867 bits per heavy atom. The van der Waals surface area contributed by atoms with Gasteiger partial charge in [-0.15, -0.1) is 0 Å². The second kappa shape index (κ2) is 14.3. The van der Waals surface area contributed by atoms with Crippen LogP contribution < -0.4 is 33.8 Å². The highest BCUT2D eigenvalue weighted by molar-refractivity contribution is 7.07. The van der Waals surface area contributed by atoms with Crippen LogP contribution in [0, 0.1) is 6.92 Å². The number of esters is 1. The molecule has 0 aliphatic carbocycles. The zero-order valence-corrected chi connectivity index (χ0v) is 26.8. The lowest BCUT2D eigenvalue weighted by atomic mass is 9.97. The fraction of sp³-hybridized carbons (Fsp3) is 0.286. The summed E-state index contributed by atoms with van der Waals surface area (Å²) in [6.45, 7) is 9.47. The van der Waals surface area contributed by atoms with E-state index in [4.69, 9.17) is 23.7 Å². The summed E-state index contributed by atoms with van der Waals surface area (Å²) in [5.41, 5.74) is 3.60. The summed E-state index contributed by atoms with van der Waals surface area (Å²) in [7, 11) is 1.30. The van der Waals surface area contributed by atoms with Gasteiger partial charge in [0.05, 0.1) is 43.1 Å². The van der Waals surface area contributed by atoms with Gasteiger partial charge in [-0.1, -0.05) is 53.3 Å². The van der Waals surface area contributed by atoms with Crippen LogP contribution in [-0.4, -0.2) is 37.5 Å². The molecule has 0 saturated carbocycles. The summed E-state index contributed by atoms with van der Waals surface area (Å²) >= 11 is 1.24. The number of hydrogen-bond acceptors (Lipinski definition) is 9. The lowest BCUT2D eigenvalue weighted by molar-refractivity contribution is -0.136. The number of aryl methyl sites for hydroxylation is 1. The molecular weight excluding hydrogens is 592 g/mol. The zero-order valence-electron chi connectivity index (χ0n) is 26.0. The zero-order chi connectivity index (χ0) is 31.9. The predicted molar refractivity (Wildman–Crippen MR) is 173 cm³/mol. The van der Waals surface area contributed by atoms with Crippen LogP contribution in [0.15, 0.2) is 82.2 Å². The first-order valence-corrected chi connectivity index (χ1v) is 15.6. The van der Waals surface area contributed by atoms with Crippen LogP contribution in [0.4, 0.5) is 0 Å². The van der Waals surface area contributed by atoms with Gasteiger partial charge in [-0.2, -0.15) is 0 Å². The number of nitrogens with zero attached hydrogens (tertiary/aromatic N) is 2. The van der Waals surface area contributed by atoms with Gasteiger partial charge in [-0.3, -0.25) is 9.36 Å². The molecule has 234 valence electrons. The SMILES string of the molecule is CCOc1ccc([C@H]2C(C(=O)OC)=CN=c3s/c(=C\c4ccc(OCc5ccc(C)cc5)c(OCC)c4)c(=O)n32)cc1OCC. The van der Waals surface area contributed by atoms with Crippen LogP contribution in [0.1, 0.15) is 49.1 Å². The number of carbonyl (C=O) groups is 1. The Morgan fingerprint density at radius 2 is 1.51 bits per heavy atom. The monoisotopic (exact) mass is 628 g/mol. The number of ether oxygens (including phenoxy) is 5. The van der Waals surface area contributed by atoms with E-state index in [1.807, 2.05) is 76.2 Å².